The van der Waals surface area contributed by atoms with Crippen LogP contribution in [0.5, 0.6) is 0 Å². The molecule has 4 atom stereocenters. The molecule has 0 spiro atoms. The Morgan fingerprint density at radius 3 is 2.62 bits per heavy atom. The normalized spacial score (nSPS) is 32.3. The maximum absolute atomic E-state index is 5.96. The van der Waals surface area contributed by atoms with Crippen LogP contribution in [0.25, 0.3) is 0 Å². The molecule has 3 rings (SSSR count). The molecule has 24 heavy (non-hydrogen) atoms. The molecule has 6 heteroatoms. The Kier molecular flexibility index (Phi) is 6.36. The van der Waals surface area contributed by atoms with Gasteiger partial charge in [-0.3, -0.25) is 9.89 Å². The minimum atomic E-state index is 0.374. The van der Waals surface area contributed by atoms with E-state index in [1.165, 1.54) is 12.8 Å². The number of rotatable bonds is 6. The molecule has 0 aromatic rings. The Hall–Kier alpha value is -0.850. The lowest BCUT2D eigenvalue weighted by molar-refractivity contribution is 0.00866. The molecule has 3 aliphatic heterocycles. The summed E-state index contributed by atoms with van der Waals surface area (Å²) in [7, 11) is 0. The van der Waals surface area contributed by atoms with E-state index in [1.54, 1.807) is 0 Å². The smallest absolute Gasteiger partial charge is 0.191 e. The van der Waals surface area contributed by atoms with Gasteiger partial charge in [0.1, 0.15) is 0 Å². The Morgan fingerprint density at radius 2 is 2.04 bits per heavy atom. The summed E-state index contributed by atoms with van der Waals surface area (Å²) >= 11 is 0. The lowest BCUT2D eigenvalue weighted by atomic mass is 9.96. The largest absolute Gasteiger partial charge is 0.379 e. The fourth-order valence-corrected chi connectivity index (χ4v) is 4.13. The van der Waals surface area contributed by atoms with Crippen molar-refractivity contribution in [1.29, 1.82) is 0 Å². The van der Waals surface area contributed by atoms with E-state index >= 15 is 0 Å². The van der Waals surface area contributed by atoms with Crippen LogP contribution >= 0.6 is 0 Å². The zero-order chi connectivity index (χ0) is 16.9. The molecule has 138 valence electrons. The first-order chi connectivity index (χ1) is 11.7. The molecule has 3 heterocycles. The van der Waals surface area contributed by atoms with Crippen LogP contribution in [0.3, 0.4) is 0 Å². The van der Waals surface area contributed by atoms with Gasteiger partial charge in [-0.1, -0.05) is 13.8 Å². The lowest BCUT2D eigenvalue weighted by Crippen LogP contribution is -2.50. The average molecular weight is 338 g/mol. The fraction of sp³-hybridized carbons (Fsp3) is 0.944. The van der Waals surface area contributed by atoms with Crippen molar-refractivity contribution >= 4 is 5.96 Å². The van der Waals surface area contributed by atoms with Crippen LogP contribution in [0.1, 0.15) is 40.0 Å². The predicted octanol–water partition coefficient (Wildman–Crippen LogP) is 1.22. The van der Waals surface area contributed by atoms with Crippen molar-refractivity contribution in [2.45, 2.75) is 64.3 Å². The van der Waals surface area contributed by atoms with Crippen molar-refractivity contribution in [1.82, 2.24) is 15.5 Å². The van der Waals surface area contributed by atoms with Gasteiger partial charge in [0.25, 0.3) is 0 Å². The minimum Gasteiger partial charge on any atom is -0.379 e. The van der Waals surface area contributed by atoms with Crippen LogP contribution in [-0.4, -0.2) is 74.5 Å². The number of fused-ring (bicyclic) bond motifs is 2. The monoisotopic (exact) mass is 338 g/mol. The summed E-state index contributed by atoms with van der Waals surface area (Å²) in [6.45, 7) is 12.1. The number of hydrogen-bond acceptors (Lipinski definition) is 4. The van der Waals surface area contributed by atoms with Crippen molar-refractivity contribution in [3.8, 4) is 0 Å². The molecule has 6 nitrogen and oxygen atoms in total. The predicted molar refractivity (Wildman–Crippen MR) is 96.4 cm³/mol. The van der Waals surface area contributed by atoms with Gasteiger partial charge in [-0.25, -0.2) is 0 Å². The highest BCUT2D eigenvalue weighted by Crippen LogP contribution is 2.34. The second-order valence-electron chi connectivity index (χ2n) is 7.54. The molecule has 0 saturated carbocycles. The van der Waals surface area contributed by atoms with E-state index in [1.807, 2.05) is 0 Å². The number of hydrogen-bond donors (Lipinski definition) is 2. The van der Waals surface area contributed by atoms with Crippen molar-refractivity contribution < 1.29 is 9.47 Å². The lowest BCUT2D eigenvalue weighted by Gasteiger charge is -2.36. The molecule has 3 fully saturated rings. The van der Waals surface area contributed by atoms with Crippen LogP contribution in [0.15, 0.2) is 4.99 Å². The van der Waals surface area contributed by atoms with Crippen LogP contribution < -0.4 is 10.6 Å². The zero-order valence-corrected chi connectivity index (χ0v) is 15.5. The number of nitrogens with one attached hydrogen (secondary N) is 2. The number of ether oxygens (including phenoxy) is 2. The molecule has 3 saturated heterocycles. The number of morpholine rings is 1. The second kappa shape index (κ2) is 8.50. The van der Waals surface area contributed by atoms with Crippen LogP contribution in [0.4, 0.5) is 0 Å². The van der Waals surface area contributed by atoms with E-state index in [9.17, 15) is 0 Å². The summed E-state index contributed by atoms with van der Waals surface area (Å²) in [6, 6.07) is 0.892. The van der Waals surface area contributed by atoms with E-state index in [0.29, 0.717) is 30.2 Å². The maximum Gasteiger partial charge on any atom is 0.191 e. The molecule has 0 aliphatic carbocycles. The zero-order valence-electron chi connectivity index (χ0n) is 15.5. The van der Waals surface area contributed by atoms with Gasteiger partial charge < -0.3 is 20.1 Å². The molecule has 0 aromatic carbocycles. The summed E-state index contributed by atoms with van der Waals surface area (Å²) < 4.78 is 11.5. The third-order valence-electron chi connectivity index (χ3n) is 5.49. The van der Waals surface area contributed by atoms with Gasteiger partial charge in [-0.05, 0) is 32.1 Å². The quantitative estimate of drug-likeness (QED) is 0.563. The number of nitrogens with zero attached hydrogens (tertiary/aromatic N) is 2. The van der Waals surface area contributed by atoms with E-state index < -0.39 is 0 Å². The van der Waals surface area contributed by atoms with Gasteiger partial charge in [0.05, 0.1) is 38.0 Å². The van der Waals surface area contributed by atoms with Crippen molar-refractivity contribution in [3.05, 3.63) is 0 Å². The third-order valence-corrected chi connectivity index (χ3v) is 5.49. The highest BCUT2D eigenvalue weighted by molar-refractivity contribution is 5.80. The number of guanidine groups is 1. The van der Waals surface area contributed by atoms with E-state index in [4.69, 9.17) is 14.5 Å². The SMILES string of the molecule is CCNC(=NCC(C(C)C)N1CCOCC1)NC1CC2CCC1O2. The summed E-state index contributed by atoms with van der Waals surface area (Å²) in [5.41, 5.74) is 0. The van der Waals surface area contributed by atoms with E-state index in [2.05, 4.69) is 36.3 Å². The Balaban J connectivity index is 1.58. The highest BCUT2D eigenvalue weighted by Gasteiger charge is 2.41. The summed E-state index contributed by atoms with van der Waals surface area (Å²) in [4.78, 5) is 7.44. The summed E-state index contributed by atoms with van der Waals surface area (Å²) in [5, 5.41) is 7.02. The molecule has 4 unspecified atom stereocenters. The first-order valence-corrected chi connectivity index (χ1v) is 9.69. The van der Waals surface area contributed by atoms with Crippen molar-refractivity contribution in [2.75, 3.05) is 39.4 Å². The van der Waals surface area contributed by atoms with Crippen LogP contribution in [-0.2, 0) is 9.47 Å². The maximum atomic E-state index is 5.96. The molecular formula is C18H34N4O2. The van der Waals surface area contributed by atoms with Crippen LogP contribution in [0.2, 0.25) is 0 Å². The minimum absolute atomic E-state index is 0.374. The van der Waals surface area contributed by atoms with Gasteiger partial charge in [0.15, 0.2) is 5.96 Å². The van der Waals surface area contributed by atoms with Crippen molar-refractivity contribution in [3.63, 3.8) is 0 Å². The Bertz CT molecular complexity index is 423. The Morgan fingerprint density at radius 1 is 1.25 bits per heavy atom. The molecule has 0 radical (unpaired) electrons. The van der Waals surface area contributed by atoms with Gasteiger partial charge in [0, 0.05) is 25.7 Å². The molecule has 0 amide bonds. The Labute approximate surface area is 146 Å². The third kappa shape index (κ3) is 4.41. The second-order valence-corrected chi connectivity index (χ2v) is 7.54. The molecular weight excluding hydrogens is 304 g/mol. The topological polar surface area (TPSA) is 58.1 Å². The van der Waals surface area contributed by atoms with E-state index in [-0.39, 0.29) is 0 Å². The van der Waals surface area contributed by atoms with Crippen LogP contribution in [0, 0.1) is 5.92 Å². The first kappa shape index (κ1) is 18.0. The van der Waals surface area contributed by atoms with E-state index in [0.717, 1.165) is 51.8 Å². The van der Waals surface area contributed by atoms with Gasteiger partial charge in [-0.15, -0.1) is 0 Å². The molecule has 2 N–H and O–H groups in total. The van der Waals surface area contributed by atoms with Gasteiger partial charge in [-0.2, -0.15) is 0 Å². The van der Waals surface area contributed by atoms with Gasteiger partial charge >= 0.3 is 0 Å². The van der Waals surface area contributed by atoms with Gasteiger partial charge in [0.2, 0.25) is 0 Å². The fourth-order valence-electron chi connectivity index (χ4n) is 4.13. The summed E-state index contributed by atoms with van der Waals surface area (Å²) in [6.07, 6.45) is 4.37. The standard InChI is InChI=1S/C18H34N4O2/c1-4-19-18(21-15-11-14-5-6-17(15)24-14)20-12-16(13(2)3)22-7-9-23-10-8-22/h13-17H,4-12H2,1-3H3,(H2,19,20,21). The number of aliphatic imine (C=N–C) groups is 1. The molecule has 3 aliphatic rings. The average Bonchev–Trinajstić information content (AvgIpc) is 3.18. The van der Waals surface area contributed by atoms with Crippen molar-refractivity contribution in [2.24, 2.45) is 10.9 Å². The summed E-state index contributed by atoms with van der Waals surface area (Å²) in [5.74, 6) is 1.53. The molecule has 2 bridgehead atoms. The highest BCUT2D eigenvalue weighted by atomic mass is 16.5. The first-order valence-electron chi connectivity index (χ1n) is 9.69. The molecule has 0 aromatic heterocycles.